The van der Waals surface area contributed by atoms with Crippen LogP contribution in [0.4, 0.5) is 0 Å². The molecule has 1 aliphatic heterocycles. The van der Waals surface area contributed by atoms with E-state index in [1.165, 1.54) is 14.0 Å². The van der Waals surface area contributed by atoms with Crippen LogP contribution in [0.5, 0.6) is 11.5 Å². The first-order chi connectivity index (χ1) is 15.1. The number of phenolic OH excluding ortho intramolecular Hbond substituents is 1. The van der Waals surface area contributed by atoms with Gasteiger partial charge in [-0.25, -0.2) is 0 Å². The second-order valence-electron chi connectivity index (χ2n) is 8.44. The number of aliphatic hydroxyl groups excluding tert-OH is 2. The number of rotatable bonds is 7. The molecular weight excluding hydrogens is 414 g/mol. The summed E-state index contributed by atoms with van der Waals surface area (Å²) in [6, 6.07) is 12.2. The number of carbonyl (C=O) groups is 1. The van der Waals surface area contributed by atoms with E-state index in [0.29, 0.717) is 18.7 Å². The minimum Gasteiger partial charge on any atom is -0.508 e. The summed E-state index contributed by atoms with van der Waals surface area (Å²) in [6.07, 6.45) is -3.68. The van der Waals surface area contributed by atoms with Gasteiger partial charge in [0, 0.05) is 20.6 Å². The van der Waals surface area contributed by atoms with E-state index in [-0.39, 0.29) is 11.7 Å². The van der Waals surface area contributed by atoms with Gasteiger partial charge in [0.15, 0.2) is 0 Å². The Bertz CT molecular complexity index is 928. The van der Waals surface area contributed by atoms with E-state index < -0.39 is 30.2 Å². The average molecular weight is 446 g/mol. The van der Waals surface area contributed by atoms with E-state index in [2.05, 4.69) is 5.32 Å². The summed E-state index contributed by atoms with van der Waals surface area (Å²) in [7, 11) is 1.45. The second-order valence-corrected chi connectivity index (χ2v) is 8.44. The maximum atomic E-state index is 11.2. The Labute approximate surface area is 187 Å². The van der Waals surface area contributed by atoms with Gasteiger partial charge in [0.2, 0.25) is 12.2 Å². The second kappa shape index (κ2) is 9.87. The summed E-state index contributed by atoms with van der Waals surface area (Å²) >= 11 is 0. The highest BCUT2D eigenvalue weighted by atomic mass is 16.7. The van der Waals surface area contributed by atoms with E-state index >= 15 is 0 Å². The molecule has 4 atom stereocenters. The van der Waals surface area contributed by atoms with Crippen molar-refractivity contribution in [3.05, 3.63) is 48.0 Å². The predicted octanol–water partition coefficient (Wildman–Crippen LogP) is 1.99. The Kier molecular flexibility index (Phi) is 7.40. The standard InChI is InChI=1S/C24H31NO7/c1-14(26)25-12-11-16-7-10-18(13-19(16)15-5-8-17(27)9-6-15)31-23-21(29)20(28)22(30-4)24(2,3)32-23/h5-10,13,20-23,27-29H,11-12H2,1-4H3,(H,25,26)/t20-,21+,22?,23-/m0/s1. The Hall–Kier alpha value is -2.65. The van der Waals surface area contributed by atoms with Crippen molar-refractivity contribution in [3.63, 3.8) is 0 Å². The Morgan fingerprint density at radius 3 is 2.44 bits per heavy atom. The van der Waals surface area contributed by atoms with Crippen LogP contribution in [0.3, 0.4) is 0 Å². The van der Waals surface area contributed by atoms with E-state index in [1.54, 1.807) is 44.2 Å². The lowest BCUT2D eigenvalue weighted by atomic mass is 9.89. The summed E-state index contributed by atoms with van der Waals surface area (Å²) in [5.41, 5.74) is 1.81. The van der Waals surface area contributed by atoms with Gasteiger partial charge in [-0.3, -0.25) is 4.79 Å². The molecule has 0 bridgehead atoms. The molecule has 1 unspecified atom stereocenters. The van der Waals surface area contributed by atoms with Gasteiger partial charge in [-0.1, -0.05) is 18.2 Å². The zero-order valence-electron chi connectivity index (χ0n) is 18.7. The third kappa shape index (κ3) is 5.39. The van der Waals surface area contributed by atoms with Crippen LogP contribution in [-0.2, 0) is 20.7 Å². The van der Waals surface area contributed by atoms with Crippen LogP contribution < -0.4 is 10.1 Å². The summed E-state index contributed by atoms with van der Waals surface area (Å²) < 4.78 is 17.2. The fraction of sp³-hybridized carbons (Fsp3) is 0.458. The first-order valence-corrected chi connectivity index (χ1v) is 10.5. The van der Waals surface area contributed by atoms with Gasteiger partial charge >= 0.3 is 0 Å². The average Bonchev–Trinajstić information content (AvgIpc) is 2.73. The van der Waals surface area contributed by atoms with E-state index in [4.69, 9.17) is 14.2 Å². The van der Waals surface area contributed by atoms with Crippen LogP contribution in [0.1, 0.15) is 26.3 Å². The summed E-state index contributed by atoms with van der Waals surface area (Å²) in [6.45, 7) is 5.47. The minimum absolute atomic E-state index is 0.102. The number of carbonyl (C=O) groups excluding carboxylic acids is 1. The number of nitrogens with one attached hydrogen (secondary N) is 1. The zero-order chi connectivity index (χ0) is 23.5. The molecular formula is C24H31NO7. The van der Waals surface area contributed by atoms with Crippen molar-refractivity contribution in [3.8, 4) is 22.6 Å². The number of aliphatic hydroxyl groups is 2. The van der Waals surface area contributed by atoms with Crippen molar-refractivity contribution in [2.45, 2.75) is 57.4 Å². The number of amides is 1. The lowest BCUT2D eigenvalue weighted by molar-refractivity contribution is -0.305. The lowest BCUT2D eigenvalue weighted by Gasteiger charge is -2.46. The first-order valence-electron chi connectivity index (χ1n) is 10.5. The van der Waals surface area contributed by atoms with Crippen LogP contribution in [0.15, 0.2) is 42.5 Å². The Morgan fingerprint density at radius 1 is 1.12 bits per heavy atom. The highest BCUT2D eigenvalue weighted by Gasteiger charge is 2.50. The molecule has 1 heterocycles. The third-order valence-electron chi connectivity index (χ3n) is 5.58. The van der Waals surface area contributed by atoms with Gasteiger partial charge in [0.1, 0.15) is 29.8 Å². The van der Waals surface area contributed by atoms with Crippen LogP contribution >= 0.6 is 0 Å². The molecule has 0 radical (unpaired) electrons. The van der Waals surface area contributed by atoms with Crippen molar-refractivity contribution < 1.29 is 34.3 Å². The quantitative estimate of drug-likeness (QED) is 0.515. The molecule has 1 fully saturated rings. The van der Waals surface area contributed by atoms with Crippen LogP contribution in [0.2, 0.25) is 0 Å². The van der Waals surface area contributed by atoms with Crippen molar-refractivity contribution in [2.75, 3.05) is 13.7 Å². The monoisotopic (exact) mass is 445 g/mol. The van der Waals surface area contributed by atoms with E-state index in [9.17, 15) is 20.1 Å². The van der Waals surface area contributed by atoms with Gasteiger partial charge in [-0.2, -0.15) is 0 Å². The van der Waals surface area contributed by atoms with Crippen molar-refractivity contribution in [2.24, 2.45) is 0 Å². The molecule has 32 heavy (non-hydrogen) atoms. The molecule has 1 aliphatic rings. The van der Waals surface area contributed by atoms with Crippen LogP contribution in [-0.4, -0.2) is 65.1 Å². The maximum Gasteiger partial charge on any atom is 0.229 e. The first kappa shape index (κ1) is 24.0. The molecule has 8 heteroatoms. The molecule has 2 aromatic carbocycles. The Morgan fingerprint density at radius 2 is 1.81 bits per heavy atom. The molecule has 8 nitrogen and oxygen atoms in total. The molecule has 4 N–H and O–H groups in total. The van der Waals surface area contributed by atoms with Gasteiger partial charge in [0.05, 0.1) is 5.60 Å². The van der Waals surface area contributed by atoms with Crippen molar-refractivity contribution >= 4 is 5.91 Å². The van der Waals surface area contributed by atoms with Gasteiger partial charge in [0.25, 0.3) is 0 Å². The van der Waals surface area contributed by atoms with Gasteiger partial charge in [-0.15, -0.1) is 0 Å². The third-order valence-corrected chi connectivity index (χ3v) is 5.58. The number of phenols is 1. The summed E-state index contributed by atoms with van der Waals surface area (Å²) in [5.74, 6) is 0.498. The SMILES string of the molecule is COC1[C@@H](O)[C@@H](O)[C@@H](Oc2ccc(CCNC(C)=O)c(-c3ccc(O)cc3)c2)OC1(C)C. The molecule has 1 amide bonds. The number of benzene rings is 2. The smallest absolute Gasteiger partial charge is 0.229 e. The fourth-order valence-electron chi connectivity index (χ4n) is 3.97. The predicted molar refractivity (Wildman–Crippen MR) is 118 cm³/mol. The van der Waals surface area contributed by atoms with Crippen molar-refractivity contribution in [1.29, 1.82) is 0 Å². The molecule has 3 rings (SSSR count). The fourth-order valence-corrected chi connectivity index (χ4v) is 3.97. The highest BCUT2D eigenvalue weighted by Crippen LogP contribution is 2.34. The molecule has 0 aromatic heterocycles. The maximum absolute atomic E-state index is 11.2. The molecule has 0 spiro atoms. The highest BCUT2D eigenvalue weighted by molar-refractivity contribution is 5.73. The van der Waals surface area contributed by atoms with E-state index in [1.807, 2.05) is 12.1 Å². The molecule has 174 valence electrons. The number of methoxy groups -OCH3 is 1. The van der Waals surface area contributed by atoms with Crippen LogP contribution in [0.25, 0.3) is 11.1 Å². The minimum atomic E-state index is -1.30. The normalized spacial score (nSPS) is 24.7. The summed E-state index contributed by atoms with van der Waals surface area (Å²) in [5, 5.41) is 33.4. The number of aromatic hydroxyl groups is 1. The van der Waals surface area contributed by atoms with Gasteiger partial charge in [-0.05, 0) is 61.2 Å². The van der Waals surface area contributed by atoms with Crippen LogP contribution in [0, 0.1) is 0 Å². The Balaban J connectivity index is 1.88. The number of hydrogen-bond acceptors (Lipinski definition) is 7. The number of hydrogen-bond donors (Lipinski definition) is 4. The lowest BCUT2D eigenvalue weighted by Crippen LogP contribution is -2.63. The van der Waals surface area contributed by atoms with Crippen molar-refractivity contribution in [1.82, 2.24) is 5.32 Å². The topological polar surface area (TPSA) is 117 Å². The molecule has 1 saturated heterocycles. The van der Waals surface area contributed by atoms with Gasteiger partial charge < -0.3 is 34.8 Å². The van der Waals surface area contributed by atoms with E-state index in [0.717, 1.165) is 16.7 Å². The zero-order valence-corrected chi connectivity index (χ0v) is 18.7. The summed E-state index contributed by atoms with van der Waals surface area (Å²) in [4.78, 5) is 11.2. The largest absolute Gasteiger partial charge is 0.508 e. The molecule has 0 aliphatic carbocycles. The number of ether oxygens (including phenoxy) is 3. The molecule has 2 aromatic rings. The molecule has 0 saturated carbocycles.